The Hall–Kier alpha value is -1.15. The van der Waals surface area contributed by atoms with Crippen LogP contribution in [-0.2, 0) is 17.6 Å². The fourth-order valence-electron chi connectivity index (χ4n) is 2.89. The van der Waals surface area contributed by atoms with Gasteiger partial charge in [-0.25, -0.2) is 0 Å². The molecular weight excluding hydrogens is 212 g/mol. The first-order valence-corrected chi connectivity index (χ1v) is 6.29. The van der Waals surface area contributed by atoms with Gasteiger partial charge in [-0.05, 0) is 42.5 Å². The molecule has 1 aromatic rings. The standard InChI is InChI=1S/C15H20O2/c1-5-6-12-9(2)7-11-8-13(17-4)15(16)14(11)10(12)3/h7,13H,5-6,8H2,1-4H3. The predicted octanol–water partition coefficient (Wildman–Crippen LogP) is 3.01. The van der Waals surface area contributed by atoms with Crippen molar-refractivity contribution in [2.45, 2.75) is 46.1 Å². The molecule has 0 aliphatic heterocycles. The van der Waals surface area contributed by atoms with Gasteiger partial charge in [0.15, 0.2) is 5.78 Å². The Balaban J connectivity index is 2.53. The molecule has 0 saturated heterocycles. The molecule has 1 atom stereocenters. The summed E-state index contributed by atoms with van der Waals surface area (Å²) in [5, 5.41) is 0. The van der Waals surface area contributed by atoms with Crippen LogP contribution in [-0.4, -0.2) is 19.0 Å². The monoisotopic (exact) mass is 232 g/mol. The molecule has 1 unspecified atom stereocenters. The van der Waals surface area contributed by atoms with E-state index in [1.807, 2.05) is 0 Å². The summed E-state index contributed by atoms with van der Waals surface area (Å²) >= 11 is 0. The van der Waals surface area contributed by atoms with Gasteiger partial charge in [-0.1, -0.05) is 19.4 Å². The van der Waals surface area contributed by atoms with Gasteiger partial charge < -0.3 is 4.74 Å². The molecule has 1 aromatic carbocycles. The van der Waals surface area contributed by atoms with Gasteiger partial charge in [-0.3, -0.25) is 4.79 Å². The predicted molar refractivity (Wildman–Crippen MR) is 68.7 cm³/mol. The normalized spacial score (nSPS) is 18.6. The SMILES string of the molecule is CCCc1c(C)cc2c(c1C)C(=O)C(OC)C2. The van der Waals surface area contributed by atoms with Crippen molar-refractivity contribution in [1.29, 1.82) is 0 Å². The van der Waals surface area contributed by atoms with Crippen LogP contribution < -0.4 is 0 Å². The maximum atomic E-state index is 12.2. The zero-order valence-corrected chi connectivity index (χ0v) is 11.1. The number of carbonyl (C=O) groups is 1. The number of carbonyl (C=O) groups excluding carboxylic acids is 1. The largest absolute Gasteiger partial charge is 0.373 e. The van der Waals surface area contributed by atoms with Gasteiger partial charge in [0.25, 0.3) is 0 Å². The molecule has 1 aliphatic carbocycles. The molecule has 2 heteroatoms. The summed E-state index contributed by atoms with van der Waals surface area (Å²) in [5.41, 5.74) is 5.91. The highest BCUT2D eigenvalue weighted by Gasteiger charge is 2.32. The van der Waals surface area contributed by atoms with Crippen LogP contribution in [0.4, 0.5) is 0 Å². The quantitative estimate of drug-likeness (QED) is 0.800. The first kappa shape index (κ1) is 12.3. The highest BCUT2D eigenvalue weighted by Crippen LogP contribution is 2.31. The zero-order chi connectivity index (χ0) is 12.6. The van der Waals surface area contributed by atoms with Gasteiger partial charge in [-0.15, -0.1) is 0 Å². The van der Waals surface area contributed by atoms with Crippen molar-refractivity contribution < 1.29 is 9.53 Å². The van der Waals surface area contributed by atoms with E-state index in [4.69, 9.17) is 4.74 Å². The Morgan fingerprint density at radius 3 is 2.71 bits per heavy atom. The summed E-state index contributed by atoms with van der Waals surface area (Å²) < 4.78 is 5.25. The second-order valence-corrected chi connectivity index (χ2v) is 4.87. The number of rotatable bonds is 3. The van der Waals surface area contributed by atoms with E-state index in [1.165, 1.54) is 16.7 Å². The lowest BCUT2D eigenvalue weighted by Crippen LogP contribution is -2.18. The molecule has 2 nitrogen and oxygen atoms in total. The number of hydrogen-bond acceptors (Lipinski definition) is 2. The van der Waals surface area contributed by atoms with Gasteiger partial charge >= 0.3 is 0 Å². The lowest BCUT2D eigenvalue weighted by atomic mass is 9.92. The van der Waals surface area contributed by atoms with Crippen molar-refractivity contribution >= 4 is 5.78 Å². The minimum atomic E-state index is -0.264. The molecule has 0 saturated carbocycles. The third-order valence-corrected chi connectivity index (χ3v) is 3.74. The Labute approximate surface area is 103 Å². The van der Waals surface area contributed by atoms with Gasteiger partial charge in [0.2, 0.25) is 0 Å². The van der Waals surface area contributed by atoms with E-state index in [9.17, 15) is 4.79 Å². The molecule has 0 N–H and O–H groups in total. The number of ether oxygens (including phenoxy) is 1. The Morgan fingerprint density at radius 1 is 1.41 bits per heavy atom. The average molecular weight is 232 g/mol. The molecule has 17 heavy (non-hydrogen) atoms. The first-order chi connectivity index (χ1) is 8.10. The van der Waals surface area contributed by atoms with Gasteiger partial charge in [0.1, 0.15) is 6.10 Å². The van der Waals surface area contributed by atoms with Crippen LogP contribution in [0.5, 0.6) is 0 Å². The lowest BCUT2D eigenvalue weighted by molar-refractivity contribution is 0.0646. The summed E-state index contributed by atoms with van der Waals surface area (Å²) in [7, 11) is 1.61. The maximum Gasteiger partial charge on any atom is 0.192 e. The molecule has 0 radical (unpaired) electrons. The number of methoxy groups -OCH3 is 1. The lowest BCUT2D eigenvalue weighted by Gasteiger charge is -2.13. The number of aryl methyl sites for hydroxylation is 1. The molecule has 92 valence electrons. The summed E-state index contributed by atoms with van der Waals surface area (Å²) in [5.74, 6) is 0.164. The third-order valence-electron chi connectivity index (χ3n) is 3.74. The van der Waals surface area contributed by atoms with E-state index in [0.29, 0.717) is 0 Å². The van der Waals surface area contributed by atoms with Gasteiger partial charge in [-0.2, -0.15) is 0 Å². The molecule has 0 heterocycles. The van der Waals surface area contributed by atoms with Crippen molar-refractivity contribution in [2.75, 3.05) is 7.11 Å². The zero-order valence-electron chi connectivity index (χ0n) is 11.1. The van der Waals surface area contributed by atoms with Crippen molar-refractivity contribution in [3.05, 3.63) is 33.9 Å². The van der Waals surface area contributed by atoms with E-state index < -0.39 is 0 Å². The first-order valence-electron chi connectivity index (χ1n) is 6.29. The highest BCUT2D eigenvalue weighted by atomic mass is 16.5. The Kier molecular flexibility index (Phi) is 3.34. The van der Waals surface area contributed by atoms with E-state index in [0.717, 1.165) is 30.4 Å². The Morgan fingerprint density at radius 2 is 2.12 bits per heavy atom. The fourth-order valence-corrected chi connectivity index (χ4v) is 2.89. The summed E-state index contributed by atoms with van der Waals surface area (Å²) in [6.45, 7) is 6.39. The average Bonchev–Trinajstić information content (AvgIpc) is 2.61. The van der Waals surface area contributed by atoms with Gasteiger partial charge in [0.05, 0.1) is 0 Å². The number of hydrogen-bond donors (Lipinski definition) is 0. The van der Waals surface area contributed by atoms with E-state index in [1.54, 1.807) is 7.11 Å². The molecule has 1 aliphatic rings. The van der Waals surface area contributed by atoms with Crippen LogP contribution in [0.1, 0.15) is 46.0 Å². The van der Waals surface area contributed by atoms with Crippen LogP contribution in [0.25, 0.3) is 0 Å². The van der Waals surface area contributed by atoms with Crippen LogP contribution in [0.3, 0.4) is 0 Å². The number of Topliss-reactive ketones (excluding diaryl/α,β-unsaturated/α-hetero) is 1. The molecule has 0 aromatic heterocycles. The molecule has 0 amide bonds. The minimum Gasteiger partial charge on any atom is -0.373 e. The summed E-state index contributed by atoms with van der Waals surface area (Å²) in [6, 6.07) is 2.17. The number of benzene rings is 1. The summed E-state index contributed by atoms with van der Waals surface area (Å²) in [6.07, 6.45) is 2.64. The summed E-state index contributed by atoms with van der Waals surface area (Å²) in [4.78, 5) is 12.2. The van der Waals surface area contributed by atoms with Crippen molar-refractivity contribution in [3.8, 4) is 0 Å². The van der Waals surface area contributed by atoms with Gasteiger partial charge in [0, 0.05) is 19.1 Å². The van der Waals surface area contributed by atoms with Crippen LogP contribution >= 0.6 is 0 Å². The van der Waals surface area contributed by atoms with E-state index in [-0.39, 0.29) is 11.9 Å². The third kappa shape index (κ3) is 1.91. The second-order valence-electron chi connectivity index (χ2n) is 4.87. The van der Waals surface area contributed by atoms with E-state index in [2.05, 4.69) is 26.8 Å². The van der Waals surface area contributed by atoms with Crippen LogP contribution in [0, 0.1) is 13.8 Å². The second kappa shape index (κ2) is 4.61. The van der Waals surface area contributed by atoms with E-state index >= 15 is 0 Å². The maximum absolute atomic E-state index is 12.2. The molecule has 0 fully saturated rings. The molecule has 0 bridgehead atoms. The van der Waals surface area contributed by atoms with Crippen molar-refractivity contribution in [1.82, 2.24) is 0 Å². The minimum absolute atomic E-state index is 0.164. The smallest absolute Gasteiger partial charge is 0.192 e. The number of ketones is 1. The number of fused-ring (bicyclic) bond motifs is 1. The van der Waals surface area contributed by atoms with Crippen molar-refractivity contribution in [2.24, 2.45) is 0 Å². The van der Waals surface area contributed by atoms with Crippen LogP contribution in [0.15, 0.2) is 6.07 Å². The van der Waals surface area contributed by atoms with Crippen molar-refractivity contribution in [3.63, 3.8) is 0 Å². The Bertz CT molecular complexity index is 460. The topological polar surface area (TPSA) is 26.3 Å². The molecule has 0 spiro atoms. The highest BCUT2D eigenvalue weighted by molar-refractivity contribution is 6.05. The fraction of sp³-hybridized carbons (Fsp3) is 0.533. The molecular formula is C15H20O2. The molecule has 2 rings (SSSR count). The van der Waals surface area contributed by atoms with Crippen LogP contribution in [0.2, 0.25) is 0 Å².